The number of hydrogen-bond acceptors (Lipinski definition) is 10. The van der Waals surface area contributed by atoms with E-state index in [9.17, 15) is 53.0 Å². The number of aliphatic hydroxyl groups excluding tert-OH is 1. The number of hydrogen-bond donors (Lipinski definition) is 8. The summed E-state index contributed by atoms with van der Waals surface area (Å²) in [5, 5.41) is 19.0. The van der Waals surface area contributed by atoms with Gasteiger partial charge in [-0.1, -0.05) is 49.1 Å². The Labute approximate surface area is 419 Å². The number of nitrogens with one attached hydrogen (secondary N) is 4. The molecule has 384 valence electrons. The van der Waals surface area contributed by atoms with Gasteiger partial charge in [0.05, 0.1) is 22.1 Å². The molecule has 5 amide bonds. The molecular formula is C50H60ClN8O12P. The minimum Gasteiger partial charge on any atom is -0.490 e. The largest absolute Gasteiger partial charge is 0.490 e. The van der Waals surface area contributed by atoms with Gasteiger partial charge in [-0.15, -0.1) is 0 Å². The van der Waals surface area contributed by atoms with Crippen LogP contribution in [0.1, 0.15) is 121 Å². The number of nitrogens with zero attached hydrogens (tertiary/aromatic N) is 3. The molecule has 0 saturated carbocycles. The molecule has 3 aliphatic rings. The minimum absolute atomic E-state index is 0.0369. The lowest BCUT2D eigenvalue weighted by Gasteiger charge is -2.35. The standard InChI is InChI=1S/C50H60ClN8O12P/c1-57-40-24-28(14-19-37(40)59(50(57)67)39-21-23-43(61)56-47(39)64)8-3-2-4-9-29-10-7-13-41(44(29)51)71-27-32(16-22-42(52)60)53-46(63)38-20-17-33-11-5-6-12-35(48(65)58(33)38)55-45(62)36-26-31-25-30(15-18-34(31)54-36)49(66)72(68,69)70/h7,10,13-15,18-19,24-26,32-33,35,38-39,43,54,61H,2-6,8-9,11-12,16-17,20-23,27H2,1H3,(H2,52,60)(H,53,63)(H,55,62)(H,56,64)(H2,68,69,70)/t32-,33-,35?,38-,39?,43?/m0/s1. The monoisotopic (exact) mass is 1030 g/mol. The van der Waals surface area contributed by atoms with Gasteiger partial charge >= 0.3 is 13.3 Å². The number of imidazole rings is 1. The van der Waals surface area contributed by atoms with Crippen molar-refractivity contribution < 1.29 is 53.0 Å². The van der Waals surface area contributed by atoms with Crippen molar-refractivity contribution in [3.8, 4) is 5.75 Å². The van der Waals surface area contributed by atoms with Crippen molar-refractivity contribution in [2.45, 2.75) is 133 Å². The van der Waals surface area contributed by atoms with Gasteiger partial charge in [0, 0.05) is 36.0 Å². The van der Waals surface area contributed by atoms with E-state index in [2.05, 4.69) is 20.9 Å². The third-order valence-electron chi connectivity index (χ3n) is 14.1. The van der Waals surface area contributed by atoms with E-state index < -0.39 is 67.1 Å². The molecule has 22 heteroatoms. The molecule has 3 fully saturated rings. The molecule has 3 aromatic carbocycles. The Bertz CT molecular complexity index is 3020. The maximum Gasteiger partial charge on any atom is 0.396 e. The first kappa shape index (κ1) is 52.0. The molecule has 3 aliphatic heterocycles. The summed E-state index contributed by atoms with van der Waals surface area (Å²) in [6.07, 6.45) is 7.39. The number of nitrogens with two attached hydrogens (primary N) is 1. The zero-order valence-electron chi connectivity index (χ0n) is 39.8. The number of aryl methyl sites for hydroxylation is 3. The van der Waals surface area contributed by atoms with Gasteiger partial charge in [0.25, 0.3) is 11.4 Å². The van der Waals surface area contributed by atoms with Crippen LogP contribution in [0.3, 0.4) is 0 Å². The lowest BCUT2D eigenvalue weighted by Crippen LogP contribution is -2.57. The maximum absolute atomic E-state index is 14.3. The number of carbonyl (C=O) groups excluding carboxylic acids is 6. The third-order valence-corrected chi connectivity index (χ3v) is 15.3. The number of unbranched alkanes of at least 4 members (excludes halogenated alkanes) is 2. The lowest BCUT2D eigenvalue weighted by atomic mass is 9.98. The molecule has 6 atom stereocenters. The van der Waals surface area contributed by atoms with Gasteiger partial charge in [-0.25, -0.2) is 4.79 Å². The summed E-state index contributed by atoms with van der Waals surface area (Å²) in [5.74, 6) is -1.97. The van der Waals surface area contributed by atoms with Gasteiger partial charge in [-0.05, 0) is 124 Å². The number of aliphatic hydroxyl groups is 1. The molecule has 3 unspecified atom stereocenters. The zero-order chi connectivity index (χ0) is 51.4. The highest BCUT2D eigenvalue weighted by Gasteiger charge is 2.44. The molecular weight excluding hydrogens is 971 g/mol. The molecule has 9 N–H and O–H groups in total. The zero-order valence-corrected chi connectivity index (χ0v) is 41.5. The van der Waals surface area contributed by atoms with E-state index in [1.54, 1.807) is 22.6 Å². The van der Waals surface area contributed by atoms with Crippen molar-refractivity contribution in [3.05, 3.63) is 98.6 Å². The smallest absolute Gasteiger partial charge is 0.396 e. The number of carbonyl (C=O) groups is 6. The number of ether oxygens (including phenoxy) is 1. The van der Waals surface area contributed by atoms with Crippen LogP contribution in [0, 0.1) is 0 Å². The number of benzene rings is 3. The van der Waals surface area contributed by atoms with Crippen LogP contribution in [-0.2, 0) is 43.6 Å². The number of amides is 5. The quantitative estimate of drug-likeness (QED) is 0.0423. The molecule has 0 bridgehead atoms. The van der Waals surface area contributed by atoms with E-state index >= 15 is 0 Å². The minimum atomic E-state index is -5.03. The predicted octanol–water partition coefficient (Wildman–Crippen LogP) is 4.38. The predicted molar refractivity (Wildman–Crippen MR) is 266 cm³/mol. The molecule has 3 saturated heterocycles. The van der Waals surface area contributed by atoms with Crippen molar-refractivity contribution in [2.75, 3.05) is 6.61 Å². The lowest BCUT2D eigenvalue weighted by molar-refractivity contribution is -0.143. The summed E-state index contributed by atoms with van der Waals surface area (Å²) in [7, 11) is -3.34. The molecule has 0 spiro atoms. The van der Waals surface area contributed by atoms with Gasteiger partial charge in [-0.3, -0.25) is 42.5 Å². The number of fused-ring (bicyclic) bond motifs is 3. The van der Waals surface area contributed by atoms with Crippen LogP contribution in [0.2, 0.25) is 5.02 Å². The Morgan fingerprint density at radius 2 is 1.69 bits per heavy atom. The fourth-order valence-corrected chi connectivity index (χ4v) is 11.0. The van der Waals surface area contributed by atoms with Crippen LogP contribution in [0.5, 0.6) is 5.75 Å². The number of piperidine rings is 1. The summed E-state index contributed by atoms with van der Waals surface area (Å²) in [6.45, 7) is -0.0409. The molecule has 5 aromatic rings. The van der Waals surface area contributed by atoms with E-state index in [-0.39, 0.29) is 48.3 Å². The summed E-state index contributed by atoms with van der Waals surface area (Å²) in [6, 6.07) is 13.3. The van der Waals surface area contributed by atoms with Crippen LogP contribution in [0.15, 0.2) is 65.5 Å². The van der Waals surface area contributed by atoms with Gasteiger partial charge in [0.2, 0.25) is 23.6 Å². The molecule has 0 aliphatic carbocycles. The Kier molecular flexibility index (Phi) is 16.1. The summed E-state index contributed by atoms with van der Waals surface area (Å²) in [5.41, 5.74) is 7.53. The molecule has 20 nitrogen and oxygen atoms in total. The van der Waals surface area contributed by atoms with E-state index in [0.717, 1.165) is 48.7 Å². The highest BCUT2D eigenvalue weighted by Crippen LogP contribution is 2.40. The number of primary amides is 1. The number of aromatic nitrogens is 3. The van der Waals surface area contributed by atoms with Crippen molar-refractivity contribution in [1.29, 1.82) is 0 Å². The second-order valence-corrected chi connectivity index (χ2v) is 21.0. The Hall–Kier alpha value is -6.31. The average molecular weight is 1030 g/mol. The van der Waals surface area contributed by atoms with E-state index in [1.165, 1.54) is 28.8 Å². The van der Waals surface area contributed by atoms with Crippen molar-refractivity contribution in [1.82, 2.24) is 35.0 Å². The van der Waals surface area contributed by atoms with Crippen molar-refractivity contribution in [2.24, 2.45) is 12.8 Å². The van der Waals surface area contributed by atoms with Crippen molar-refractivity contribution >= 4 is 76.2 Å². The van der Waals surface area contributed by atoms with Gasteiger partial charge in [0.1, 0.15) is 42.4 Å². The topological polar surface area (TPSA) is 297 Å². The molecule has 5 heterocycles. The Morgan fingerprint density at radius 3 is 2.46 bits per heavy atom. The van der Waals surface area contributed by atoms with Gasteiger partial charge in [0.15, 0.2) is 0 Å². The highest BCUT2D eigenvalue weighted by molar-refractivity contribution is 7.70. The molecule has 0 radical (unpaired) electrons. The molecule has 8 rings (SSSR count). The van der Waals surface area contributed by atoms with E-state index in [4.69, 9.17) is 22.1 Å². The SMILES string of the molecule is Cn1c(=O)n(C2CCC(O)NC2=O)c2ccc(CCCCCc3cccc(OC[C@H](CCC(N)=O)NC(=O)[C@@H]4CC[C@@H]5CCCCC(NC(=O)c6cc7cc(C(=O)P(=O)(O)O)ccc7[nH]6)C(=O)N54)c3Cl)cc21. The van der Waals surface area contributed by atoms with Crippen molar-refractivity contribution in [3.63, 3.8) is 0 Å². The number of halogens is 1. The second kappa shape index (κ2) is 22.2. The first-order chi connectivity index (χ1) is 34.4. The summed E-state index contributed by atoms with van der Waals surface area (Å²) in [4.78, 5) is 115. The van der Waals surface area contributed by atoms with Gasteiger partial charge in [-0.2, -0.15) is 0 Å². The van der Waals surface area contributed by atoms with Crippen LogP contribution in [0.25, 0.3) is 21.9 Å². The molecule has 2 aromatic heterocycles. The second-order valence-electron chi connectivity index (χ2n) is 19.1. The highest BCUT2D eigenvalue weighted by atomic mass is 35.5. The van der Waals surface area contributed by atoms with Gasteiger partial charge < -0.3 is 51.2 Å². The Balaban J connectivity index is 0.858. The van der Waals surface area contributed by atoms with Crippen LogP contribution in [-0.4, -0.2) is 106 Å². The molecule has 72 heavy (non-hydrogen) atoms. The van der Waals surface area contributed by atoms with Crippen LogP contribution < -0.4 is 32.1 Å². The number of H-pyrrole nitrogens is 1. The first-order valence-corrected chi connectivity index (χ1v) is 26.4. The van der Waals surface area contributed by atoms with E-state index in [0.29, 0.717) is 78.6 Å². The fraction of sp³-hybridized carbons (Fsp3) is 0.460. The maximum atomic E-state index is 14.3. The number of aromatic amines is 1. The average Bonchev–Trinajstić information content (AvgIpc) is 4.03. The summed E-state index contributed by atoms with van der Waals surface area (Å²) >= 11 is 6.89. The normalized spacial score (nSPS) is 20.9. The fourth-order valence-electron chi connectivity index (χ4n) is 10.3. The van der Waals surface area contributed by atoms with E-state index in [1.807, 2.05) is 30.3 Å². The Morgan fingerprint density at radius 1 is 0.917 bits per heavy atom. The summed E-state index contributed by atoms with van der Waals surface area (Å²) < 4.78 is 20.8. The van der Waals surface area contributed by atoms with Crippen LogP contribution >= 0.6 is 19.2 Å². The third kappa shape index (κ3) is 11.6. The van der Waals surface area contributed by atoms with Crippen LogP contribution in [0.4, 0.5) is 0 Å². The first-order valence-electron chi connectivity index (χ1n) is 24.4. The number of rotatable bonds is 19.